The van der Waals surface area contributed by atoms with Crippen molar-refractivity contribution in [3.63, 3.8) is 0 Å². The standard InChI is InChI=1S/C10H13BrS/c1-8(7-11)9-5-3-4-6-10(9)12-2/h3-6,8H,7H2,1-2H3. The Bertz CT molecular complexity index is 247. The summed E-state index contributed by atoms with van der Waals surface area (Å²) in [6, 6.07) is 8.58. The van der Waals surface area contributed by atoms with Crippen LogP contribution in [0.15, 0.2) is 29.2 Å². The van der Waals surface area contributed by atoms with Crippen LogP contribution in [0.5, 0.6) is 0 Å². The fourth-order valence-corrected chi connectivity index (χ4v) is 2.23. The lowest BCUT2D eigenvalue weighted by Crippen LogP contribution is -1.95. The molecule has 0 aromatic heterocycles. The molecule has 0 aliphatic carbocycles. The summed E-state index contributed by atoms with van der Waals surface area (Å²) in [6.07, 6.45) is 2.12. The van der Waals surface area contributed by atoms with E-state index in [0.717, 1.165) is 5.33 Å². The molecule has 0 spiro atoms. The van der Waals surface area contributed by atoms with E-state index in [9.17, 15) is 0 Å². The minimum Gasteiger partial charge on any atom is -0.129 e. The van der Waals surface area contributed by atoms with Gasteiger partial charge in [-0.2, -0.15) is 0 Å². The first-order chi connectivity index (χ1) is 5.79. The van der Waals surface area contributed by atoms with E-state index >= 15 is 0 Å². The van der Waals surface area contributed by atoms with Crippen LogP contribution in [-0.4, -0.2) is 11.6 Å². The van der Waals surface area contributed by atoms with Gasteiger partial charge >= 0.3 is 0 Å². The summed E-state index contributed by atoms with van der Waals surface area (Å²) in [6.45, 7) is 2.24. The van der Waals surface area contributed by atoms with E-state index in [-0.39, 0.29) is 0 Å². The molecule has 1 atom stereocenters. The second-order valence-electron chi connectivity index (χ2n) is 2.80. The van der Waals surface area contributed by atoms with Crippen molar-refractivity contribution in [3.05, 3.63) is 29.8 Å². The molecule has 0 radical (unpaired) electrons. The van der Waals surface area contributed by atoms with Gasteiger partial charge in [-0.25, -0.2) is 0 Å². The third kappa shape index (κ3) is 2.27. The van der Waals surface area contributed by atoms with Crippen LogP contribution in [0.3, 0.4) is 0 Å². The molecule has 0 amide bonds. The summed E-state index contributed by atoms with van der Waals surface area (Å²) in [5.41, 5.74) is 1.45. The van der Waals surface area contributed by atoms with Gasteiger partial charge in [0.05, 0.1) is 0 Å². The van der Waals surface area contributed by atoms with Crippen LogP contribution in [0, 0.1) is 0 Å². The summed E-state index contributed by atoms with van der Waals surface area (Å²) in [5, 5.41) is 1.03. The number of hydrogen-bond donors (Lipinski definition) is 0. The number of hydrogen-bond acceptors (Lipinski definition) is 1. The molecular weight excluding hydrogens is 232 g/mol. The highest BCUT2D eigenvalue weighted by Gasteiger charge is 2.07. The molecule has 2 heteroatoms. The summed E-state index contributed by atoms with van der Waals surface area (Å²) in [7, 11) is 0. The van der Waals surface area contributed by atoms with Gasteiger partial charge in [-0.3, -0.25) is 0 Å². The molecule has 1 rings (SSSR count). The number of rotatable bonds is 3. The zero-order chi connectivity index (χ0) is 8.97. The zero-order valence-corrected chi connectivity index (χ0v) is 9.78. The fourth-order valence-electron chi connectivity index (χ4n) is 1.16. The van der Waals surface area contributed by atoms with Gasteiger partial charge in [-0.1, -0.05) is 41.1 Å². The molecule has 0 nitrogen and oxygen atoms in total. The molecule has 0 N–H and O–H groups in total. The predicted octanol–water partition coefficient (Wildman–Crippen LogP) is 3.91. The van der Waals surface area contributed by atoms with Crippen LogP contribution in [-0.2, 0) is 0 Å². The second-order valence-corrected chi connectivity index (χ2v) is 4.29. The summed E-state index contributed by atoms with van der Waals surface area (Å²) in [5.74, 6) is 0.605. The van der Waals surface area contributed by atoms with Crippen molar-refractivity contribution >= 4 is 27.7 Å². The second kappa shape index (κ2) is 4.93. The van der Waals surface area contributed by atoms with E-state index in [1.165, 1.54) is 10.5 Å². The quantitative estimate of drug-likeness (QED) is 0.574. The van der Waals surface area contributed by atoms with E-state index in [0.29, 0.717) is 5.92 Å². The molecule has 0 saturated heterocycles. The Kier molecular flexibility index (Phi) is 4.16. The van der Waals surface area contributed by atoms with Gasteiger partial charge < -0.3 is 0 Å². The molecule has 0 fully saturated rings. The van der Waals surface area contributed by atoms with Gasteiger partial charge in [0.2, 0.25) is 0 Å². The summed E-state index contributed by atoms with van der Waals surface area (Å²) >= 11 is 5.32. The highest BCUT2D eigenvalue weighted by Crippen LogP contribution is 2.27. The summed E-state index contributed by atoms with van der Waals surface area (Å²) < 4.78 is 0. The monoisotopic (exact) mass is 244 g/mol. The van der Waals surface area contributed by atoms with Crippen molar-refractivity contribution in [1.82, 2.24) is 0 Å². The maximum atomic E-state index is 3.51. The first kappa shape index (κ1) is 10.1. The molecule has 1 unspecified atom stereocenters. The van der Waals surface area contributed by atoms with Gasteiger partial charge in [-0.05, 0) is 23.8 Å². The van der Waals surface area contributed by atoms with Gasteiger partial charge in [0.15, 0.2) is 0 Å². The molecule has 66 valence electrons. The first-order valence-electron chi connectivity index (χ1n) is 3.98. The van der Waals surface area contributed by atoms with Crippen molar-refractivity contribution < 1.29 is 0 Å². The average molecular weight is 245 g/mol. The van der Waals surface area contributed by atoms with Gasteiger partial charge in [-0.15, -0.1) is 11.8 Å². The van der Waals surface area contributed by atoms with Crippen molar-refractivity contribution in [2.75, 3.05) is 11.6 Å². The van der Waals surface area contributed by atoms with Crippen LogP contribution in [0.25, 0.3) is 0 Å². The van der Waals surface area contributed by atoms with Gasteiger partial charge in [0.1, 0.15) is 0 Å². The Hall–Kier alpha value is 0.0500. The lowest BCUT2D eigenvalue weighted by Gasteiger charge is -2.11. The van der Waals surface area contributed by atoms with E-state index in [4.69, 9.17) is 0 Å². The topological polar surface area (TPSA) is 0 Å². The molecule has 0 aliphatic heterocycles. The maximum absolute atomic E-state index is 3.51. The normalized spacial score (nSPS) is 12.9. The third-order valence-corrected chi connectivity index (χ3v) is 3.68. The number of halogens is 1. The van der Waals surface area contributed by atoms with E-state index in [1.54, 1.807) is 0 Å². The van der Waals surface area contributed by atoms with Crippen LogP contribution in [0.4, 0.5) is 0 Å². The lowest BCUT2D eigenvalue weighted by molar-refractivity contribution is 0.862. The SMILES string of the molecule is CSc1ccccc1C(C)CBr. The van der Waals surface area contributed by atoms with Gasteiger partial charge in [0, 0.05) is 10.2 Å². The number of benzene rings is 1. The van der Waals surface area contributed by atoms with Crippen LogP contribution in [0.1, 0.15) is 18.4 Å². The zero-order valence-electron chi connectivity index (χ0n) is 7.38. The minimum atomic E-state index is 0.605. The summed E-state index contributed by atoms with van der Waals surface area (Å²) in [4.78, 5) is 1.39. The van der Waals surface area contributed by atoms with E-state index in [1.807, 2.05) is 11.8 Å². The average Bonchev–Trinajstić information content (AvgIpc) is 2.16. The van der Waals surface area contributed by atoms with Crippen molar-refractivity contribution in [2.45, 2.75) is 17.7 Å². The van der Waals surface area contributed by atoms with E-state index < -0.39 is 0 Å². The Morgan fingerprint density at radius 2 is 2.08 bits per heavy atom. The molecule has 0 bridgehead atoms. The molecule has 12 heavy (non-hydrogen) atoms. The fraction of sp³-hybridized carbons (Fsp3) is 0.400. The lowest BCUT2D eigenvalue weighted by atomic mass is 10.0. The maximum Gasteiger partial charge on any atom is 0.0104 e. The van der Waals surface area contributed by atoms with Crippen molar-refractivity contribution in [1.29, 1.82) is 0 Å². The largest absolute Gasteiger partial charge is 0.129 e. The Labute approximate surface area is 86.9 Å². The highest BCUT2D eigenvalue weighted by molar-refractivity contribution is 9.09. The highest BCUT2D eigenvalue weighted by atomic mass is 79.9. The van der Waals surface area contributed by atoms with Crippen LogP contribution < -0.4 is 0 Å². The number of alkyl halides is 1. The van der Waals surface area contributed by atoms with Crippen LogP contribution >= 0.6 is 27.7 Å². The Balaban J connectivity index is 2.96. The van der Waals surface area contributed by atoms with Gasteiger partial charge in [0.25, 0.3) is 0 Å². The molecule has 0 aliphatic rings. The number of thioether (sulfide) groups is 1. The first-order valence-corrected chi connectivity index (χ1v) is 6.33. The smallest absolute Gasteiger partial charge is 0.0104 e. The predicted molar refractivity (Wildman–Crippen MR) is 60.4 cm³/mol. The minimum absolute atomic E-state index is 0.605. The van der Waals surface area contributed by atoms with Crippen molar-refractivity contribution in [2.24, 2.45) is 0 Å². The van der Waals surface area contributed by atoms with Crippen molar-refractivity contribution in [3.8, 4) is 0 Å². The van der Waals surface area contributed by atoms with Crippen LogP contribution in [0.2, 0.25) is 0 Å². The molecule has 0 heterocycles. The molecule has 0 saturated carbocycles. The molecule has 1 aromatic rings. The molecule has 1 aromatic carbocycles. The molecular formula is C10H13BrS. The van der Waals surface area contributed by atoms with E-state index in [2.05, 4.69) is 53.4 Å². The Morgan fingerprint density at radius 3 is 2.67 bits per heavy atom. The third-order valence-electron chi connectivity index (χ3n) is 1.90. The Morgan fingerprint density at radius 1 is 1.42 bits per heavy atom.